The molecule has 0 aliphatic carbocycles. The minimum atomic E-state index is -1.60. The minimum Gasteiger partial charge on any atom is -0.478 e. The summed E-state index contributed by atoms with van der Waals surface area (Å²) < 4.78 is 33.5. The summed E-state index contributed by atoms with van der Waals surface area (Å²) >= 11 is 5.85. The van der Waals surface area contributed by atoms with Gasteiger partial charge in [-0.3, -0.25) is 0 Å². The monoisotopic (exact) mass is 361 g/mol. The predicted molar refractivity (Wildman–Crippen MR) is 83.5 cm³/mol. The Bertz CT molecular complexity index is 688. The van der Waals surface area contributed by atoms with Crippen LogP contribution in [0, 0.1) is 11.6 Å². The molecule has 1 N–H and O–H groups in total. The van der Waals surface area contributed by atoms with Crippen LogP contribution < -0.4 is 0 Å². The maximum Gasteiger partial charge on any atom is 0.410 e. The summed E-state index contributed by atoms with van der Waals surface area (Å²) in [4.78, 5) is 24.3. The van der Waals surface area contributed by atoms with Crippen molar-refractivity contribution >= 4 is 23.7 Å². The number of nitrogens with zero attached hydrogens (tertiary/aromatic N) is 1. The Morgan fingerprint density at radius 3 is 2.54 bits per heavy atom. The van der Waals surface area contributed by atoms with Gasteiger partial charge in [0.1, 0.15) is 11.4 Å². The van der Waals surface area contributed by atoms with E-state index in [0.29, 0.717) is 19.0 Å². The largest absolute Gasteiger partial charge is 0.478 e. The number of carboxylic acids is 1. The van der Waals surface area contributed by atoms with Crippen LogP contribution >= 0.6 is 11.6 Å². The van der Waals surface area contributed by atoms with Crippen molar-refractivity contribution in [3.8, 4) is 0 Å². The van der Waals surface area contributed by atoms with Crippen molar-refractivity contribution in [2.45, 2.75) is 38.7 Å². The van der Waals surface area contributed by atoms with Gasteiger partial charge in [0.15, 0.2) is 5.82 Å². The average molecular weight is 362 g/mol. The number of ether oxygens (including phenoxy) is 1. The molecule has 0 spiro atoms. The van der Waals surface area contributed by atoms with Gasteiger partial charge in [0.05, 0.1) is 10.6 Å². The molecule has 1 aromatic rings. The Kier molecular flexibility index (Phi) is 5.03. The highest BCUT2D eigenvalue weighted by Crippen LogP contribution is 2.37. The van der Waals surface area contributed by atoms with Gasteiger partial charge in [0.2, 0.25) is 0 Å². The van der Waals surface area contributed by atoms with E-state index in [-0.39, 0.29) is 12.1 Å². The molecule has 1 fully saturated rings. The molecule has 1 unspecified atom stereocenters. The molecule has 1 aliphatic heterocycles. The summed E-state index contributed by atoms with van der Waals surface area (Å²) in [6, 6.07) is 0.620. The van der Waals surface area contributed by atoms with Crippen molar-refractivity contribution in [1.82, 2.24) is 4.90 Å². The quantitative estimate of drug-likeness (QED) is 0.807. The highest BCUT2D eigenvalue weighted by atomic mass is 35.5. The normalized spacial score (nSPS) is 17.9. The van der Waals surface area contributed by atoms with E-state index in [1.54, 1.807) is 20.8 Å². The van der Waals surface area contributed by atoms with E-state index >= 15 is 0 Å². The molecule has 24 heavy (non-hydrogen) atoms. The van der Waals surface area contributed by atoms with Crippen LogP contribution in [0.25, 0.3) is 0 Å². The molecule has 1 aromatic carbocycles. The molecule has 1 amide bonds. The number of hydrogen-bond donors (Lipinski definition) is 1. The molecule has 0 aromatic heterocycles. The first kappa shape index (κ1) is 18.4. The van der Waals surface area contributed by atoms with Crippen LogP contribution in [0.5, 0.6) is 0 Å². The number of rotatable bonds is 2. The van der Waals surface area contributed by atoms with Gasteiger partial charge in [-0.15, -0.1) is 0 Å². The number of likely N-dealkylation sites (tertiary alicyclic amines) is 1. The van der Waals surface area contributed by atoms with Gasteiger partial charge in [-0.25, -0.2) is 18.4 Å². The van der Waals surface area contributed by atoms with Gasteiger partial charge in [0, 0.05) is 24.6 Å². The first-order valence-electron chi connectivity index (χ1n) is 7.40. The first-order valence-corrected chi connectivity index (χ1v) is 7.77. The summed E-state index contributed by atoms with van der Waals surface area (Å²) in [5, 5.41) is 8.31. The second-order valence-corrected chi connectivity index (χ2v) is 7.04. The van der Waals surface area contributed by atoms with E-state index in [0.717, 1.165) is 0 Å². The van der Waals surface area contributed by atoms with Gasteiger partial charge in [0.25, 0.3) is 0 Å². The second kappa shape index (κ2) is 6.55. The molecule has 0 bridgehead atoms. The fourth-order valence-corrected chi connectivity index (χ4v) is 2.97. The molecule has 1 heterocycles. The summed E-state index contributed by atoms with van der Waals surface area (Å²) in [7, 11) is 0. The van der Waals surface area contributed by atoms with Crippen molar-refractivity contribution in [1.29, 1.82) is 0 Å². The maximum atomic E-state index is 14.3. The summed E-state index contributed by atoms with van der Waals surface area (Å²) in [6.07, 6.45) is -0.161. The number of aromatic carboxylic acids is 1. The van der Waals surface area contributed by atoms with Gasteiger partial charge in [-0.05, 0) is 33.3 Å². The third-order valence-corrected chi connectivity index (χ3v) is 4.04. The SMILES string of the molecule is CC(C)(C)OC(=O)N1CCC(c2c(F)cc(C(=O)O)c(F)c2Cl)C1. The smallest absolute Gasteiger partial charge is 0.410 e. The Morgan fingerprint density at radius 1 is 1.38 bits per heavy atom. The molecule has 132 valence electrons. The molecule has 1 aliphatic rings. The van der Waals surface area contributed by atoms with Crippen LogP contribution in [0.1, 0.15) is 49.0 Å². The number of halogens is 3. The Morgan fingerprint density at radius 2 is 2.00 bits per heavy atom. The van der Waals surface area contributed by atoms with E-state index in [1.807, 2.05) is 0 Å². The maximum absolute atomic E-state index is 14.3. The fourth-order valence-electron chi connectivity index (χ4n) is 2.63. The first-order chi connectivity index (χ1) is 11.0. The number of amides is 1. The Labute approximate surface area is 143 Å². The van der Waals surface area contributed by atoms with Crippen molar-refractivity contribution in [2.24, 2.45) is 0 Å². The number of carbonyl (C=O) groups excluding carboxylic acids is 1. The molecular weight excluding hydrogens is 344 g/mol. The molecule has 8 heteroatoms. The van der Waals surface area contributed by atoms with E-state index < -0.39 is 45.8 Å². The standard InChI is InChI=1S/C16H18ClF2NO4/c1-16(2,3)24-15(23)20-5-4-8(7-20)11-10(18)6-9(14(21)22)13(19)12(11)17/h6,8H,4-5,7H2,1-3H3,(H,21,22). The van der Waals surface area contributed by atoms with Gasteiger partial charge in [-0.2, -0.15) is 0 Å². The molecule has 0 saturated carbocycles. The highest BCUT2D eigenvalue weighted by molar-refractivity contribution is 6.32. The predicted octanol–water partition coefficient (Wildman–Crippen LogP) is 4.04. The number of carboxylic acid groups (broad SMARTS) is 1. The Balaban J connectivity index is 2.24. The molecule has 0 radical (unpaired) electrons. The minimum absolute atomic E-state index is 0.106. The van der Waals surface area contributed by atoms with E-state index in [2.05, 4.69) is 0 Å². The van der Waals surface area contributed by atoms with Crippen molar-refractivity contribution in [3.63, 3.8) is 0 Å². The van der Waals surface area contributed by atoms with Gasteiger partial charge < -0.3 is 14.7 Å². The van der Waals surface area contributed by atoms with Crippen molar-refractivity contribution in [2.75, 3.05) is 13.1 Å². The Hall–Kier alpha value is -1.89. The third kappa shape index (κ3) is 3.77. The fraction of sp³-hybridized carbons (Fsp3) is 0.500. The van der Waals surface area contributed by atoms with E-state index in [9.17, 15) is 18.4 Å². The van der Waals surface area contributed by atoms with Gasteiger partial charge >= 0.3 is 12.1 Å². The van der Waals surface area contributed by atoms with E-state index in [1.165, 1.54) is 4.90 Å². The molecule has 1 saturated heterocycles. The lowest BCUT2D eigenvalue weighted by molar-refractivity contribution is 0.0292. The van der Waals surface area contributed by atoms with Crippen LogP contribution in [-0.4, -0.2) is 40.8 Å². The lowest BCUT2D eigenvalue weighted by atomic mass is 9.96. The molecule has 5 nitrogen and oxygen atoms in total. The molecular formula is C16H18ClF2NO4. The summed E-state index contributed by atoms with van der Waals surface area (Å²) in [6.45, 7) is 5.63. The van der Waals surface area contributed by atoms with E-state index in [4.69, 9.17) is 21.4 Å². The number of carbonyl (C=O) groups is 2. The van der Waals surface area contributed by atoms with Crippen LogP contribution in [0.4, 0.5) is 13.6 Å². The van der Waals surface area contributed by atoms with Crippen LogP contribution in [-0.2, 0) is 4.74 Å². The van der Waals surface area contributed by atoms with Crippen LogP contribution in [0.3, 0.4) is 0 Å². The zero-order chi connectivity index (χ0) is 18.2. The number of benzene rings is 1. The topological polar surface area (TPSA) is 66.8 Å². The van der Waals surface area contributed by atoms with Crippen LogP contribution in [0.2, 0.25) is 5.02 Å². The molecule has 2 rings (SSSR count). The highest BCUT2D eigenvalue weighted by Gasteiger charge is 2.34. The lowest BCUT2D eigenvalue weighted by Gasteiger charge is -2.24. The average Bonchev–Trinajstić information content (AvgIpc) is 2.90. The third-order valence-electron chi connectivity index (χ3n) is 3.67. The number of hydrogen-bond acceptors (Lipinski definition) is 3. The van der Waals surface area contributed by atoms with Crippen molar-refractivity contribution < 1.29 is 28.2 Å². The second-order valence-electron chi connectivity index (χ2n) is 6.66. The summed E-state index contributed by atoms with van der Waals surface area (Å²) in [5.41, 5.74) is -1.58. The summed E-state index contributed by atoms with van der Waals surface area (Å²) in [5.74, 6) is -4.19. The lowest BCUT2D eigenvalue weighted by Crippen LogP contribution is -2.35. The van der Waals surface area contributed by atoms with Gasteiger partial charge in [-0.1, -0.05) is 11.6 Å². The van der Waals surface area contributed by atoms with Crippen LogP contribution in [0.15, 0.2) is 6.07 Å². The zero-order valence-electron chi connectivity index (χ0n) is 13.5. The zero-order valence-corrected chi connectivity index (χ0v) is 14.3. The van der Waals surface area contributed by atoms with Crippen molar-refractivity contribution in [3.05, 3.63) is 33.9 Å². The molecule has 1 atom stereocenters.